The first kappa shape index (κ1) is 19.2. The van der Waals surface area contributed by atoms with Gasteiger partial charge in [-0.1, -0.05) is 28.4 Å². The number of rotatable bonds is 5. The monoisotopic (exact) mass is 389 g/mol. The molecule has 2 aromatic rings. The number of nitrogens with zero attached hydrogens (tertiary/aromatic N) is 3. The van der Waals surface area contributed by atoms with Crippen LogP contribution < -0.4 is 0 Å². The second-order valence-electron chi connectivity index (χ2n) is 4.81. The largest absolute Gasteiger partial charge is 0.417 e. The van der Waals surface area contributed by atoms with Gasteiger partial charge in [0.2, 0.25) is 0 Å². The molecule has 0 aliphatic carbocycles. The number of hydrogen-bond donors (Lipinski definition) is 0. The van der Waals surface area contributed by atoms with E-state index >= 15 is 0 Å². The van der Waals surface area contributed by atoms with Crippen LogP contribution in [0.5, 0.6) is 0 Å². The number of oxime groups is 1. The number of aromatic nitrogens is 1. The van der Waals surface area contributed by atoms with Crippen molar-refractivity contribution in [1.29, 1.82) is 0 Å². The Morgan fingerprint density at radius 1 is 1.16 bits per heavy atom. The summed E-state index contributed by atoms with van der Waals surface area (Å²) in [5.41, 5.74) is -0.158. The molecule has 0 amide bonds. The molecule has 25 heavy (non-hydrogen) atoms. The lowest BCUT2D eigenvalue weighted by Crippen LogP contribution is -2.10. The molecule has 1 unspecified atom stereocenters. The summed E-state index contributed by atoms with van der Waals surface area (Å²) >= 11 is 11.8. The van der Waals surface area contributed by atoms with Crippen LogP contribution in [0.15, 0.2) is 46.7 Å². The molecule has 0 fully saturated rings. The third kappa shape index (κ3) is 5.44. The third-order valence-electron chi connectivity index (χ3n) is 3.05. The Morgan fingerprint density at radius 2 is 1.84 bits per heavy atom. The molecule has 0 aliphatic rings. The van der Waals surface area contributed by atoms with Crippen molar-refractivity contribution in [2.75, 3.05) is 7.11 Å². The Labute approximate surface area is 151 Å². The highest BCUT2D eigenvalue weighted by atomic mass is 35.5. The highest BCUT2D eigenvalue weighted by Gasteiger charge is 2.32. The van der Waals surface area contributed by atoms with E-state index in [1.54, 1.807) is 24.3 Å². The first-order valence-electron chi connectivity index (χ1n) is 6.90. The molecule has 132 valence electrons. The van der Waals surface area contributed by atoms with Crippen LogP contribution in [0.1, 0.15) is 17.2 Å². The molecule has 1 aromatic heterocycles. The first-order chi connectivity index (χ1) is 11.8. The van der Waals surface area contributed by atoms with Gasteiger partial charge in [0.15, 0.2) is 0 Å². The molecular formula is C16H12Cl2F3N3O. The lowest BCUT2D eigenvalue weighted by molar-refractivity contribution is -0.137. The molecule has 0 spiro atoms. The van der Waals surface area contributed by atoms with Crippen LogP contribution in [0, 0.1) is 0 Å². The second-order valence-corrected chi connectivity index (χ2v) is 5.65. The molecule has 0 radical (unpaired) electrons. The number of benzene rings is 1. The molecule has 2 rings (SSSR count). The van der Waals surface area contributed by atoms with Crippen molar-refractivity contribution >= 4 is 41.3 Å². The van der Waals surface area contributed by atoms with Crippen molar-refractivity contribution in [2.24, 2.45) is 10.1 Å². The fourth-order valence-corrected chi connectivity index (χ4v) is 2.27. The summed E-state index contributed by atoms with van der Waals surface area (Å²) in [5, 5.41) is 4.04. The van der Waals surface area contributed by atoms with Crippen LogP contribution >= 0.6 is 23.2 Å². The van der Waals surface area contributed by atoms with Crippen LogP contribution in [-0.2, 0) is 11.0 Å². The van der Waals surface area contributed by atoms with Crippen LogP contribution in [0.2, 0.25) is 10.0 Å². The quantitative estimate of drug-likeness (QED) is 0.498. The number of halogens is 5. The molecular weight excluding hydrogens is 378 g/mol. The van der Waals surface area contributed by atoms with E-state index in [1.807, 2.05) is 0 Å². The molecule has 1 atom stereocenters. The van der Waals surface area contributed by atoms with Gasteiger partial charge in [0.25, 0.3) is 0 Å². The molecule has 1 heterocycles. The summed E-state index contributed by atoms with van der Waals surface area (Å²) in [7, 11) is 1.34. The molecule has 0 saturated carbocycles. The summed E-state index contributed by atoms with van der Waals surface area (Å²) in [6, 6.07) is 7.51. The Kier molecular flexibility index (Phi) is 6.39. The Hall–Kier alpha value is -2.12. The molecule has 0 saturated heterocycles. The third-order valence-corrected chi connectivity index (χ3v) is 3.61. The summed E-state index contributed by atoms with van der Waals surface area (Å²) in [6.07, 6.45) is -1.03. The maximum absolute atomic E-state index is 12.7. The summed E-state index contributed by atoms with van der Waals surface area (Å²) in [6.45, 7) is 0. The minimum atomic E-state index is -4.53. The van der Waals surface area contributed by atoms with E-state index in [2.05, 4.69) is 20.0 Å². The van der Waals surface area contributed by atoms with Gasteiger partial charge < -0.3 is 4.84 Å². The molecule has 0 N–H and O–H groups in total. The molecule has 4 nitrogen and oxygen atoms in total. The van der Waals surface area contributed by atoms with Crippen molar-refractivity contribution in [1.82, 2.24) is 4.98 Å². The van der Waals surface area contributed by atoms with Crippen molar-refractivity contribution in [3.8, 4) is 0 Å². The SMILES string of the molecule is CO/N=C/C(C=Nc1ccc(Cl)cc1)c1ncc(C(F)(F)F)cc1Cl. The highest BCUT2D eigenvalue weighted by molar-refractivity contribution is 6.31. The minimum absolute atomic E-state index is 0.148. The Morgan fingerprint density at radius 3 is 2.40 bits per heavy atom. The van der Waals surface area contributed by atoms with E-state index in [4.69, 9.17) is 23.2 Å². The Balaban J connectivity index is 2.34. The van der Waals surface area contributed by atoms with Crippen molar-refractivity contribution in [2.45, 2.75) is 12.1 Å². The fourth-order valence-electron chi connectivity index (χ4n) is 1.85. The van der Waals surface area contributed by atoms with Gasteiger partial charge in [-0.15, -0.1) is 0 Å². The maximum atomic E-state index is 12.7. The number of hydrogen-bond acceptors (Lipinski definition) is 4. The predicted octanol–water partition coefficient (Wildman–Crippen LogP) is 5.53. The van der Waals surface area contributed by atoms with Gasteiger partial charge >= 0.3 is 6.18 Å². The van der Waals surface area contributed by atoms with Gasteiger partial charge in [0, 0.05) is 17.4 Å². The van der Waals surface area contributed by atoms with Gasteiger partial charge in [-0.3, -0.25) is 9.98 Å². The fraction of sp³-hybridized carbons (Fsp3) is 0.188. The van der Waals surface area contributed by atoms with Crippen molar-refractivity contribution in [3.05, 3.63) is 57.8 Å². The average Bonchev–Trinajstić information content (AvgIpc) is 2.56. The lowest BCUT2D eigenvalue weighted by atomic mass is 10.1. The topological polar surface area (TPSA) is 46.8 Å². The average molecular weight is 390 g/mol. The van der Waals surface area contributed by atoms with Crippen molar-refractivity contribution in [3.63, 3.8) is 0 Å². The molecule has 1 aromatic carbocycles. The Bertz CT molecular complexity index is 777. The van der Waals surface area contributed by atoms with Gasteiger partial charge in [0.1, 0.15) is 7.11 Å². The van der Waals surface area contributed by atoms with Crippen LogP contribution in [0.25, 0.3) is 0 Å². The van der Waals surface area contributed by atoms with E-state index < -0.39 is 17.7 Å². The predicted molar refractivity (Wildman–Crippen MR) is 92.1 cm³/mol. The van der Waals surface area contributed by atoms with Gasteiger partial charge in [-0.2, -0.15) is 13.2 Å². The van der Waals surface area contributed by atoms with Gasteiger partial charge in [0.05, 0.1) is 34.1 Å². The standard InChI is InChI=1S/C16H12Cl2F3N3O/c1-25-24-8-10(7-22-13-4-2-12(17)3-5-13)15-14(18)6-11(9-23-15)16(19,20)21/h2-10H,1H3/b22-7?,24-8+. The van der Waals surface area contributed by atoms with E-state index in [1.165, 1.54) is 19.5 Å². The van der Waals surface area contributed by atoms with E-state index in [-0.39, 0.29) is 10.7 Å². The normalized spacial score (nSPS) is 13.5. The molecule has 0 bridgehead atoms. The highest BCUT2D eigenvalue weighted by Crippen LogP contribution is 2.32. The number of aliphatic imine (C=N–C) groups is 1. The number of pyridine rings is 1. The molecule has 9 heteroatoms. The van der Waals surface area contributed by atoms with E-state index in [0.717, 1.165) is 6.07 Å². The minimum Gasteiger partial charge on any atom is -0.399 e. The van der Waals surface area contributed by atoms with Gasteiger partial charge in [-0.05, 0) is 30.3 Å². The maximum Gasteiger partial charge on any atom is 0.417 e. The summed E-state index contributed by atoms with van der Waals surface area (Å²) in [5.74, 6) is -0.676. The van der Waals surface area contributed by atoms with Crippen LogP contribution in [-0.4, -0.2) is 24.5 Å². The zero-order valence-electron chi connectivity index (χ0n) is 12.8. The smallest absolute Gasteiger partial charge is 0.399 e. The molecule has 0 aliphatic heterocycles. The van der Waals surface area contributed by atoms with Crippen LogP contribution in [0.4, 0.5) is 18.9 Å². The zero-order valence-corrected chi connectivity index (χ0v) is 14.3. The van der Waals surface area contributed by atoms with E-state index in [0.29, 0.717) is 16.9 Å². The number of alkyl halides is 3. The zero-order chi connectivity index (χ0) is 18.4. The summed E-state index contributed by atoms with van der Waals surface area (Å²) in [4.78, 5) is 12.7. The van der Waals surface area contributed by atoms with Gasteiger partial charge in [-0.25, -0.2) is 0 Å². The summed E-state index contributed by atoms with van der Waals surface area (Å²) < 4.78 is 38.2. The second kappa shape index (κ2) is 8.31. The lowest BCUT2D eigenvalue weighted by Gasteiger charge is -2.11. The van der Waals surface area contributed by atoms with E-state index in [9.17, 15) is 13.2 Å². The first-order valence-corrected chi connectivity index (χ1v) is 7.66. The van der Waals surface area contributed by atoms with Crippen LogP contribution in [0.3, 0.4) is 0 Å². The van der Waals surface area contributed by atoms with Crippen molar-refractivity contribution < 1.29 is 18.0 Å².